The topological polar surface area (TPSA) is 83.3 Å². The van der Waals surface area contributed by atoms with Crippen LogP contribution in [0.25, 0.3) is 0 Å². The summed E-state index contributed by atoms with van der Waals surface area (Å²) >= 11 is 0. The van der Waals surface area contributed by atoms with E-state index in [1.165, 1.54) is 0 Å². The van der Waals surface area contributed by atoms with Crippen LogP contribution in [0.1, 0.15) is 5.82 Å². The van der Waals surface area contributed by atoms with Crippen molar-refractivity contribution in [2.24, 2.45) is 0 Å². The maximum atomic E-state index is 5.36. The SMILES string of the molecule is COCCNCc1nnnn1CCOCCOC. The van der Waals surface area contributed by atoms with Crippen molar-refractivity contribution in [2.45, 2.75) is 13.1 Å². The first-order chi connectivity index (χ1) is 8.88. The van der Waals surface area contributed by atoms with Crippen LogP contribution < -0.4 is 5.32 Å². The van der Waals surface area contributed by atoms with E-state index < -0.39 is 0 Å². The second-order valence-electron chi connectivity index (χ2n) is 3.59. The molecule has 1 heterocycles. The average Bonchev–Trinajstić information content (AvgIpc) is 2.82. The fourth-order valence-electron chi connectivity index (χ4n) is 1.29. The van der Waals surface area contributed by atoms with Gasteiger partial charge in [0.05, 0.1) is 39.5 Å². The molecule has 0 aliphatic carbocycles. The van der Waals surface area contributed by atoms with Crippen LogP contribution in [0.2, 0.25) is 0 Å². The Labute approximate surface area is 107 Å². The quantitative estimate of drug-likeness (QED) is 0.514. The number of hydrogen-bond acceptors (Lipinski definition) is 7. The van der Waals surface area contributed by atoms with Crippen molar-refractivity contribution in [1.29, 1.82) is 0 Å². The number of nitrogens with one attached hydrogen (secondary N) is 1. The van der Waals surface area contributed by atoms with Gasteiger partial charge in [-0.3, -0.25) is 0 Å². The molecule has 0 spiro atoms. The van der Waals surface area contributed by atoms with Gasteiger partial charge in [-0.25, -0.2) is 4.68 Å². The Kier molecular flexibility index (Phi) is 8.23. The molecule has 1 aromatic rings. The number of methoxy groups -OCH3 is 2. The second-order valence-corrected chi connectivity index (χ2v) is 3.59. The van der Waals surface area contributed by atoms with Crippen molar-refractivity contribution >= 4 is 0 Å². The molecule has 1 rings (SSSR count). The lowest BCUT2D eigenvalue weighted by molar-refractivity contribution is 0.0648. The van der Waals surface area contributed by atoms with Gasteiger partial charge in [-0.15, -0.1) is 5.10 Å². The Morgan fingerprint density at radius 2 is 1.94 bits per heavy atom. The van der Waals surface area contributed by atoms with E-state index in [4.69, 9.17) is 14.2 Å². The molecule has 0 aliphatic heterocycles. The van der Waals surface area contributed by atoms with Gasteiger partial charge in [0.2, 0.25) is 0 Å². The molecule has 8 nitrogen and oxygen atoms in total. The molecule has 0 saturated carbocycles. The van der Waals surface area contributed by atoms with Gasteiger partial charge in [0, 0.05) is 20.8 Å². The van der Waals surface area contributed by atoms with Crippen molar-refractivity contribution in [3.63, 3.8) is 0 Å². The summed E-state index contributed by atoms with van der Waals surface area (Å²) in [7, 11) is 3.32. The number of nitrogens with zero attached hydrogens (tertiary/aromatic N) is 4. The maximum Gasteiger partial charge on any atom is 0.165 e. The van der Waals surface area contributed by atoms with Gasteiger partial charge >= 0.3 is 0 Å². The summed E-state index contributed by atoms with van der Waals surface area (Å²) < 4.78 is 16.9. The molecule has 8 heteroatoms. The number of ether oxygens (including phenoxy) is 3. The van der Waals surface area contributed by atoms with Crippen molar-refractivity contribution in [3.05, 3.63) is 5.82 Å². The van der Waals surface area contributed by atoms with Gasteiger partial charge in [-0.1, -0.05) is 0 Å². The summed E-state index contributed by atoms with van der Waals surface area (Å²) in [6, 6.07) is 0. The van der Waals surface area contributed by atoms with Gasteiger partial charge in [-0.2, -0.15) is 0 Å². The highest BCUT2D eigenvalue weighted by atomic mass is 16.5. The van der Waals surface area contributed by atoms with E-state index in [0.717, 1.165) is 12.4 Å². The summed E-state index contributed by atoms with van der Waals surface area (Å²) in [5, 5.41) is 14.7. The first-order valence-corrected chi connectivity index (χ1v) is 5.90. The van der Waals surface area contributed by atoms with Gasteiger partial charge in [0.15, 0.2) is 5.82 Å². The van der Waals surface area contributed by atoms with Crippen molar-refractivity contribution in [2.75, 3.05) is 47.2 Å². The molecule has 0 unspecified atom stereocenters. The largest absolute Gasteiger partial charge is 0.383 e. The molecule has 0 bridgehead atoms. The first-order valence-electron chi connectivity index (χ1n) is 5.90. The van der Waals surface area contributed by atoms with Crippen LogP contribution in [-0.2, 0) is 27.3 Å². The fourth-order valence-corrected chi connectivity index (χ4v) is 1.29. The zero-order chi connectivity index (χ0) is 13.1. The Hall–Kier alpha value is -1.09. The lowest BCUT2D eigenvalue weighted by atomic mass is 10.5. The molecule has 0 amide bonds. The molecule has 104 valence electrons. The van der Waals surface area contributed by atoms with E-state index in [-0.39, 0.29) is 0 Å². The van der Waals surface area contributed by atoms with Crippen LogP contribution in [0.4, 0.5) is 0 Å². The predicted molar refractivity (Wildman–Crippen MR) is 64.1 cm³/mol. The van der Waals surface area contributed by atoms with E-state index in [1.807, 2.05) is 0 Å². The normalized spacial score (nSPS) is 11.0. The summed E-state index contributed by atoms with van der Waals surface area (Å²) in [4.78, 5) is 0. The van der Waals surface area contributed by atoms with Crippen molar-refractivity contribution in [3.8, 4) is 0 Å². The van der Waals surface area contributed by atoms with Crippen LogP contribution >= 0.6 is 0 Å². The van der Waals surface area contributed by atoms with E-state index in [9.17, 15) is 0 Å². The van der Waals surface area contributed by atoms with Crippen molar-refractivity contribution < 1.29 is 14.2 Å². The highest BCUT2D eigenvalue weighted by Gasteiger charge is 2.04. The van der Waals surface area contributed by atoms with Gasteiger partial charge in [0.1, 0.15) is 0 Å². The summed E-state index contributed by atoms with van der Waals surface area (Å²) in [6.45, 7) is 4.45. The molecule has 0 fully saturated rings. The lowest BCUT2D eigenvalue weighted by Crippen LogP contribution is -2.22. The number of rotatable bonds is 11. The van der Waals surface area contributed by atoms with Crippen LogP contribution in [0, 0.1) is 0 Å². The molecule has 0 aliphatic rings. The monoisotopic (exact) mass is 259 g/mol. The Balaban J connectivity index is 2.18. The zero-order valence-electron chi connectivity index (χ0n) is 11.0. The van der Waals surface area contributed by atoms with E-state index in [2.05, 4.69) is 20.8 Å². The van der Waals surface area contributed by atoms with Gasteiger partial charge in [-0.05, 0) is 10.4 Å². The van der Waals surface area contributed by atoms with Crippen molar-refractivity contribution in [1.82, 2.24) is 25.5 Å². The summed E-state index contributed by atoms with van der Waals surface area (Å²) in [5.74, 6) is 0.793. The number of tetrazole rings is 1. The lowest BCUT2D eigenvalue weighted by Gasteiger charge is -2.06. The van der Waals surface area contributed by atoms with E-state index >= 15 is 0 Å². The zero-order valence-corrected chi connectivity index (χ0v) is 11.0. The molecular weight excluding hydrogens is 238 g/mol. The fraction of sp³-hybridized carbons (Fsp3) is 0.900. The minimum Gasteiger partial charge on any atom is -0.383 e. The van der Waals surface area contributed by atoms with Gasteiger partial charge < -0.3 is 19.5 Å². The third-order valence-electron chi connectivity index (χ3n) is 2.25. The Morgan fingerprint density at radius 1 is 1.11 bits per heavy atom. The minimum atomic E-state index is 0.569. The Bertz CT molecular complexity index is 307. The first kappa shape index (κ1) is 15.0. The third kappa shape index (κ3) is 6.01. The summed E-state index contributed by atoms with van der Waals surface area (Å²) in [5.41, 5.74) is 0. The highest BCUT2D eigenvalue weighted by Crippen LogP contribution is 1.92. The smallest absolute Gasteiger partial charge is 0.165 e. The molecule has 1 aromatic heterocycles. The maximum absolute atomic E-state index is 5.36. The number of aromatic nitrogens is 4. The minimum absolute atomic E-state index is 0.569. The van der Waals surface area contributed by atoms with Gasteiger partial charge in [0.25, 0.3) is 0 Å². The third-order valence-corrected chi connectivity index (χ3v) is 2.25. The molecule has 0 saturated heterocycles. The second kappa shape index (κ2) is 9.89. The van der Waals surface area contributed by atoms with Crippen LogP contribution in [0.3, 0.4) is 0 Å². The van der Waals surface area contributed by atoms with Crippen LogP contribution in [0.5, 0.6) is 0 Å². The standard InChI is InChI=1S/C10H21N5O3/c1-16-5-3-11-9-10-12-13-14-15(10)4-6-18-8-7-17-2/h11H,3-9H2,1-2H3. The summed E-state index contributed by atoms with van der Waals surface area (Å²) in [6.07, 6.45) is 0. The van der Waals surface area contributed by atoms with E-state index in [1.54, 1.807) is 18.9 Å². The highest BCUT2D eigenvalue weighted by molar-refractivity contribution is 4.79. The molecule has 0 aromatic carbocycles. The van der Waals surface area contributed by atoms with Crippen LogP contribution in [-0.4, -0.2) is 67.4 Å². The average molecular weight is 259 g/mol. The molecular formula is C10H21N5O3. The predicted octanol–water partition coefficient (Wildman–Crippen LogP) is -0.928. The molecule has 0 atom stereocenters. The molecule has 1 N–H and O–H groups in total. The molecule has 18 heavy (non-hydrogen) atoms. The van der Waals surface area contributed by atoms with E-state index in [0.29, 0.717) is 39.5 Å². The number of hydrogen-bond donors (Lipinski definition) is 1. The molecule has 0 radical (unpaired) electrons. The van der Waals surface area contributed by atoms with Crippen LogP contribution in [0.15, 0.2) is 0 Å². The Morgan fingerprint density at radius 3 is 2.72 bits per heavy atom.